The van der Waals surface area contributed by atoms with Gasteiger partial charge in [-0.3, -0.25) is 4.79 Å². The molecule has 31 heavy (non-hydrogen) atoms. The van der Waals surface area contributed by atoms with Gasteiger partial charge in [0.1, 0.15) is 0 Å². The Hall–Kier alpha value is -3.72. The van der Waals surface area contributed by atoms with Crippen LogP contribution in [-0.4, -0.2) is 18.8 Å². The van der Waals surface area contributed by atoms with Crippen molar-refractivity contribution >= 4 is 23.5 Å². The maximum absolute atomic E-state index is 11.7. The number of hydrogen-bond acceptors (Lipinski definition) is 3. The minimum absolute atomic E-state index is 0.0457. The first-order chi connectivity index (χ1) is 14.8. The molecule has 3 aromatic carbocycles. The van der Waals surface area contributed by atoms with Crippen LogP contribution < -0.4 is 0 Å². The molecule has 0 aromatic heterocycles. The van der Waals surface area contributed by atoms with E-state index in [4.69, 9.17) is 4.74 Å². The molecule has 3 nitrogen and oxygen atoms in total. The van der Waals surface area contributed by atoms with E-state index < -0.39 is 0 Å². The zero-order valence-corrected chi connectivity index (χ0v) is 18.5. The Kier molecular flexibility index (Phi) is 6.66. The van der Waals surface area contributed by atoms with Crippen LogP contribution in [0.5, 0.6) is 0 Å². The van der Waals surface area contributed by atoms with Crippen molar-refractivity contribution < 1.29 is 9.53 Å². The average molecular weight is 410 g/mol. The molecule has 0 saturated heterocycles. The van der Waals surface area contributed by atoms with E-state index in [1.807, 2.05) is 49.4 Å². The number of aryl methyl sites for hydroxylation is 2. The first-order valence-corrected chi connectivity index (χ1v) is 10.1. The second kappa shape index (κ2) is 9.40. The van der Waals surface area contributed by atoms with E-state index in [0.717, 1.165) is 38.9 Å². The summed E-state index contributed by atoms with van der Waals surface area (Å²) in [6.07, 6.45) is 1.87. The van der Waals surface area contributed by atoms with E-state index in [1.54, 1.807) is 14.0 Å². The lowest BCUT2D eigenvalue weighted by atomic mass is 9.94. The Morgan fingerprint density at radius 3 is 2.23 bits per heavy atom. The highest BCUT2D eigenvalue weighted by atomic mass is 16.5. The van der Waals surface area contributed by atoms with Crippen LogP contribution in [0.1, 0.15) is 45.1 Å². The second-order valence-electron chi connectivity index (χ2n) is 7.47. The molecule has 0 aliphatic carbocycles. The van der Waals surface area contributed by atoms with Gasteiger partial charge >= 0.3 is 0 Å². The van der Waals surface area contributed by atoms with Crippen molar-refractivity contribution in [3.63, 3.8) is 0 Å². The number of hydrogen-bond donors (Lipinski definition) is 0. The predicted molar refractivity (Wildman–Crippen MR) is 130 cm³/mol. The first kappa shape index (κ1) is 22.0. The minimum atomic E-state index is 0.0457. The van der Waals surface area contributed by atoms with Crippen LogP contribution in [0.2, 0.25) is 0 Å². The number of benzene rings is 3. The second-order valence-corrected chi connectivity index (χ2v) is 7.47. The molecule has 0 heterocycles. The Bertz CT molecular complexity index is 1200. The summed E-state index contributed by atoms with van der Waals surface area (Å²) >= 11 is 0. The summed E-state index contributed by atoms with van der Waals surface area (Å²) in [5, 5.41) is 0. The van der Waals surface area contributed by atoms with Gasteiger partial charge < -0.3 is 4.74 Å². The molecule has 0 amide bonds. The highest BCUT2D eigenvalue weighted by Gasteiger charge is 2.12. The number of ether oxygens (including phenoxy) is 1. The van der Waals surface area contributed by atoms with Crippen molar-refractivity contribution in [2.75, 3.05) is 7.11 Å². The molecule has 0 radical (unpaired) electrons. The maximum atomic E-state index is 11.7. The third kappa shape index (κ3) is 4.72. The number of carbonyl (C=O) groups excluding carboxylic acids is 1. The SMILES string of the molecule is C=Cc1ccccc1-c1ccc(C(=NC(=C)c2ccc(C(C)=O)c(C)c2)OC)cc1C. The number of Topliss-reactive ketones (excluding diaryl/α,β-unsaturated/α-hetero) is 1. The van der Waals surface area contributed by atoms with E-state index in [1.165, 1.54) is 0 Å². The van der Waals surface area contributed by atoms with Gasteiger partial charge in [-0.2, -0.15) is 0 Å². The van der Waals surface area contributed by atoms with Gasteiger partial charge in [0.2, 0.25) is 5.90 Å². The number of methoxy groups -OCH3 is 1. The van der Waals surface area contributed by atoms with E-state index in [0.29, 0.717) is 17.2 Å². The first-order valence-electron chi connectivity index (χ1n) is 10.1. The van der Waals surface area contributed by atoms with Crippen molar-refractivity contribution in [1.82, 2.24) is 0 Å². The fraction of sp³-hybridized carbons (Fsp3) is 0.143. The average Bonchev–Trinajstić information content (AvgIpc) is 2.76. The van der Waals surface area contributed by atoms with Gasteiger partial charge in [-0.1, -0.05) is 61.7 Å². The van der Waals surface area contributed by atoms with Gasteiger partial charge in [0, 0.05) is 11.1 Å². The lowest BCUT2D eigenvalue weighted by Gasteiger charge is -2.13. The summed E-state index contributed by atoms with van der Waals surface area (Å²) in [5.74, 6) is 0.536. The summed E-state index contributed by atoms with van der Waals surface area (Å²) in [7, 11) is 1.60. The largest absolute Gasteiger partial charge is 0.481 e. The molecule has 3 rings (SSSR count). The molecule has 0 aliphatic heterocycles. The smallest absolute Gasteiger partial charge is 0.221 e. The van der Waals surface area contributed by atoms with Gasteiger partial charge in [0.15, 0.2) is 5.78 Å². The maximum Gasteiger partial charge on any atom is 0.221 e. The number of aliphatic imine (C=N–C) groups is 1. The van der Waals surface area contributed by atoms with Crippen LogP contribution in [0.4, 0.5) is 0 Å². The van der Waals surface area contributed by atoms with Gasteiger partial charge in [0.25, 0.3) is 0 Å². The number of carbonyl (C=O) groups is 1. The van der Waals surface area contributed by atoms with Gasteiger partial charge in [-0.25, -0.2) is 4.99 Å². The van der Waals surface area contributed by atoms with Crippen molar-refractivity contribution in [2.24, 2.45) is 4.99 Å². The van der Waals surface area contributed by atoms with E-state index in [9.17, 15) is 4.79 Å². The Morgan fingerprint density at radius 1 is 0.935 bits per heavy atom. The van der Waals surface area contributed by atoms with Crippen molar-refractivity contribution in [2.45, 2.75) is 20.8 Å². The molecule has 3 aromatic rings. The van der Waals surface area contributed by atoms with Crippen molar-refractivity contribution in [3.8, 4) is 11.1 Å². The molecule has 0 spiro atoms. The fourth-order valence-electron chi connectivity index (χ4n) is 3.67. The summed E-state index contributed by atoms with van der Waals surface area (Å²) < 4.78 is 5.59. The third-order valence-corrected chi connectivity index (χ3v) is 5.31. The standard InChI is InChI=1S/C28H27NO2/c1-7-22-10-8-9-11-27(22)26-15-13-24(17-19(26)3)28(31-6)29-20(4)23-12-14-25(21(5)30)18(2)16-23/h7-17H,1,4H2,2-3,5-6H3. The third-order valence-electron chi connectivity index (χ3n) is 5.31. The highest BCUT2D eigenvalue weighted by Crippen LogP contribution is 2.29. The Balaban J connectivity index is 1.95. The Morgan fingerprint density at radius 2 is 1.61 bits per heavy atom. The summed E-state index contributed by atoms with van der Waals surface area (Å²) in [4.78, 5) is 16.3. The van der Waals surface area contributed by atoms with Crippen LogP contribution in [-0.2, 0) is 4.74 Å². The molecule has 156 valence electrons. The number of nitrogens with zero attached hydrogens (tertiary/aromatic N) is 1. The van der Waals surface area contributed by atoms with Crippen LogP contribution >= 0.6 is 0 Å². The molecule has 0 atom stereocenters. The zero-order chi connectivity index (χ0) is 22.5. The van der Waals surface area contributed by atoms with Crippen LogP contribution in [0.25, 0.3) is 22.9 Å². The molecule has 3 heteroatoms. The molecule has 0 N–H and O–H groups in total. The molecule has 0 bridgehead atoms. The van der Waals surface area contributed by atoms with E-state index >= 15 is 0 Å². The summed E-state index contributed by atoms with van der Waals surface area (Å²) in [6.45, 7) is 13.6. The lowest BCUT2D eigenvalue weighted by molar-refractivity contribution is 0.101. The predicted octanol–water partition coefficient (Wildman–Crippen LogP) is 6.88. The van der Waals surface area contributed by atoms with Gasteiger partial charge in [-0.15, -0.1) is 0 Å². The number of rotatable bonds is 6. The summed E-state index contributed by atoms with van der Waals surface area (Å²) in [6, 6.07) is 19.9. The van der Waals surface area contributed by atoms with Crippen LogP contribution in [0.15, 0.2) is 78.8 Å². The monoisotopic (exact) mass is 409 g/mol. The van der Waals surface area contributed by atoms with Crippen molar-refractivity contribution in [1.29, 1.82) is 0 Å². The molecular formula is C28H27NO2. The van der Waals surface area contributed by atoms with Crippen molar-refractivity contribution in [3.05, 3.63) is 107 Å². The normalized spacial score (nSPS) is 11.2. The Labute approximate surface area is 184 Å². The van der Waals surface area contributed by atoms with Gasteiger partial charge in [0.05, 0.1) is 12.8 Å². The van der Waals surface area contributed by atoms with Crippen LogP contribution in [0.3, 0.4) is 0 Å². The topological polar surface area (TPSA) is 38.7 Å². The lowest BCUT2D eigenvalue weighted by Crippen LogP contribution is -2.05. The van der Waals surface area contributed by atoms with E-state index in [-0.39, 0.29) is 5.78 Å². The summed E-state index contributed by atoms with van der Waals surface area (Å²) in [5.41, 5.74) is 8.41. The zero-order valence-electron chi connectivity index (χ0n) is 18.5. The molecule has 0 saturated carbocycles. The quantitative estimate of drug-likeness (QED) is 0.253. The van der Waals surface area contributed by atoms with E-state index in [2.05, 4.69) is 49.3 Å². The fourth-order valence-corrected chi connectivity index (χ4v) is 3.67. The molecule has 0 fully saturated rings. The highest BCUT2D eigenvalue weighted by molar-refractivity contribution is 5.99. The molecule has 0 aliphatic rings. The molecule has 0 unspecified atom stereocenters. The minimum Gasteiger partial charge on any atom is -0.481 e. The number of ketones is 1. The van der Waals surface area contributed by atoms with Gasteiger partial charge in [-0.05, 0) is 72.4 Å². The molecular weight excluding hydrogens is 382 g/mol. The van der Waals surface area contributed by atoms with Crippen LogP contribution in [0, 0.1) is 13.8 Å².